The number of ketones is 1. The number of nitro benzene ring substituents is 1. The lowest BCUT2D eigenvalue weighted by Gasteiger charge is -1.95. The Labute approximate surface area is 103 Å². The third kappa shape index (κ3) is 2.70. The predicted octanol–water partition coefficient (Wildman–Crippen LogP) is 3.08. The van der Waals surface area contributed by atoms with Gasteiger partial charge in [-0.05, 0) is 36.4 Å². The topological polar surface area (TPSA) is 73.3 Å². The highest BCUT2D eigenvalue weighted by molar-refractivity contribution is 6.06. The first-order chi connectivity index (χ1) is 8.66. The van der Waals surface area contributed by atoms with E-state index in [1.54, 1.807) is 18.2 Å². The number of rotatable bonds is 4. The maximum absolute atomic E-state index is 11.7. The first kappa shape index (κ1) is 11.8. The Morgan fingerprint density at radius 3 is 2.50 bits per heavy atom. The molecule has 0 atom stereocenters. The first-order valence-corrected chi connectivity index (χ1v) is 5.17. The number of nitrogens with zero attached hydrogens (tertiary/aromatic N) is 1. The molecule has 2 rings (SSSR count). The van der Waals surface area contributed by atoms with Crippen LogP contribution in [-0.2, 0) is 0 Å². The molecule has 0 aliphatic rings. The lowest BCUT2D eigenvalue weighted by atomic mass is 10.1. The van der Waals surface area contributed by atoms with Gasteiger partial charge < -0.3 is 4.42 Å². The van der Waals surface area contributed by atoms with Crippen LogP contribution in [0.3, 0.4) is 0 Å². The standard InChI is InChI=1S/C13H9NO4/c15-13(8-7-12-2-1-9-18-12)10-3-5-11(6-4-10)14(16)17/h1-9H/b8-7-. The summed E-state index contributed by atoms with van der Waals surface area (Å²) in [5.74, 6) is 0.339. The summed E-state index contributed by atoms with van der Waals surface area (Å²) in [7, 11) is 0. The van der Waals surface area contributed by atoms with Gasteiger partial charge >= 0.3 is 0 Å². The molecule has 0 radical (unpaired) electrons. The van der Waals surface area contributed by atoms with Gasteiger partial charge in [-0.1, -0.05) is 0 Å². The van der Waals surface area contributed by atoms with Gasteiger partial charge in [0.05, 0.1) is 11.2 Å². The van der Waals surface area contributed by atoms with Crippen LogP contribution in [-0.4, -0.2) is 10.7 Å². The minimum absolute atomic E-state index is 0.0402. The number of carbonyl (C=O) groups excluding carboxylic acids is 1. The highest BCUT2D eigenvalue weighted by atomic mass is 16.6. The van der Waals surface area contributed by atoms with Crippen molar-refractivity contribution in [2.45, 2.75) is 0 Å². The van der Waals surface area contributed by atoms with E-state index in [0.717, 1.165) is 0 Å². The van der Waals surface area contributed by atoms with Gasteiger partial charge in [0.2, 0.25) is 0 Å². The Morgan fingerprint density at radius 1 is 1.22 bits per heavy atom. The van der Waals surface area contributed by atoms with Crippen molar-refractivity contribution in [3.05, 3.63) is 70.2 Å². The van der Waals surface area contributed by atoms with Gasteiger partial charge in [0, 0.05) is 17.7 Å². The molecule has 0 N–H and O–H groups in total. The fourth-order valence-electron chi connectivity index (χ4n) is 1.39. The number of allylic oxidation sites excluding steroid dienone is 1. The Kier molecular flexibility index (Phi) is 3.33. The zero-order valence-corrected chi connectivity index (χ0v) is 9.28. The largest absolute Gasteiger partial charge is 0.465 e. The number of furan rings is 1. The number of benzene rings is 1. The molecule has 5 heteroatoms. The van der Waals surface area contributed by atoms with E-state index in [-0.39, 0.29) is 11.5 Å². The van der Waals surface area contributed by atoms with Gasteiger partial charge in [-0.2, -0.15) is 0 Å². The molecule has 2 aromatic rings. The summed E-state index contributed by atoms with van der Waals surface area (Å²) in [6.45, 7) is 0. The molecule has 0 unspecified atom stereocenters. The van der Waals surface area contributed by atoms with Crippen LogP contribution in [0.2, 0.25) is 0 Å². The highest BCUT2D eigenvalue weighted by Gasteiger charge is 2.07. The molecule has 0 fully saturated rings. The van der Waals surface area contributed by atoms with E-state index in [4.69, 9.17) is 4.42 Å². The van der Waals surface area contributed by atoms with Crippen molar-refractivity contribution in [2.24, 2.45) is 0 Å². The Balaban J connectivity index is 2.12. The monoisotopic (exact) mass is 243 g/mol. The molecular formula is C13H9NO4. The molecule has 1 heterocycles. The van der Waals surface area contributed by atoms with Crippen molar-refractivity contribution < 1.29 is 14.1 Å². The van der Waals surface area contributed by atoms with Gasteiger partial charge in [-0.3, -0.25) is 14.9 Å². The van der Waals surface area contributed by atoms with E-state index in [1.165, 1.54) is 36.6 Å². The number of carbonyl (C=O) groups is 1. The second-order valence-electron chi connectivity index (χ2n) is 3.52. The molecule has 5 nitrogen and oxygen atoms in total. The van der Waals surface area contributed by atoms with Crippen LogP contribution in [0.25, 0.3) is 6.08 Å². The van der Waals surface area contributed by atoms with Gasteiger partial charge in [0.1, 0.15) is 5.76 Å². The van der Waals surface area contributed by atoms with Crippen LogP contribution in [0, 0.1) is 10.1 Å². The Hall–Kier alpha value is -2.69. The third-order valence-electron chi connectivity index (χ3n) is 2.30. The van der Waals surface area contributed by atoms with E-state index in [1.807, 2.05) is 0 Å². The summed E-state index contributed by atoms with van der Waals surface area (Å²) in [5, 5.41) is 10.5. The number of non-ortho nitro benzene ring substituents is 1. The highest BCUT2D eigenvalue weighted by Crippen LogP contribution is 2.13. The smallest absolute Gasteiger partial charge is 0.269 e. The molecular weight excluding hydrogens is 234 g/mol. The quantitative estimate of drug-likeness (QED) is 0.358. The molecule has 0 aliphatic carbocycles. The van der Waals surface area contributed by atoms with E-state index in [9.17, 15) is 14.9 Å². The normalized spacial score (nSPS) is 10.7. The van der Waals surface area contributed by atoms with Crippen LogP contribution in [0.5, 0.6) is 0 Å². The molecule has 1 aromatic heterocycles. The molecule has 1 aromatic carbocycles. The van der Waals surface area contributed by atoms with E-state index < -0.39 is 4.92 Å². The Morgan fingerprint density at radius 2 is 1.94 bits per heavy atom. The number of nitro groups is 1. The van der Waals surface area contributed by atoms with Gasteiger partial charge in [-0.25, -0.2) is 0 Å². The second-order valence-corrected chi connectivity index (χ2v) is 3.52. The molecule has 18 heavy (non-hydrogen) atoms. The summed E-state index contributed by atoms with van der Waals surface area (Å²) < 4.78 is 5.04. The van der Waals surface area contributed by atoms with Crippen molar-refractivity contribution in [2.75, 3.05) is 0 Å². The second kappa shape index (κ2) is 5.09. The summed E-state index contributed by atoms with van der Waals surface area (Å²) >= 11 is 0. The number of hydrogen-bond acceptors (Lipinski definition) is 4. The van der Waals surface area contributed by atoms with Gasteiger partial charge in [0.25, 0.3) is 5.69 Å². The minimum Gasteiger partial charge on any atom is -0.465 e. The first-order valence-electron chi connectivity index (χ1n) is 5.17. The lowest BCUT2D eigenvalue weighted by Crippen LogP contribution is -1.95. The van der Waals surface area contributed by atoms with Gasteiger partial charge in [-0.15, -0.1) is 0 Å². The summed E-state index contributed by atoms with van der Waals surface area (Å²) in [5.41, 5.74) is 0.352. The maximum atomic E-state index is 11.7. The summed E-state index contributed by atoms with van der Waals surface area (Å²) in [6, 6.07) is 8.89. The van der Waals surface area contributed by atoms with E-state index >= 15 is 0 Å². The molecule has 0 aliphatic heterocycles. The van der Waals surface area contributed by atoms with Crippen LogP contribution in [0.1, 0.15) is 16.1 Å². The SMILES string of the molecule is O=C(/C=C\c1ccco1)c1ccc([N+](=O)[O-])cc1. The fourth-order valence-corrected chi connectivity index (χ4v) is 1.39. The molecule has 0 bridgehead atoms. The number of hydrogen-bond donors (Lipinski definition) is 0. The fraction of sp³-hybridized carbons (Fsp3) is 0. The zero-order chi connectivity index (χ0) is 13.0. The van der Waals surface area contributed by atoms with E-state index in [0.29, 0.717) is 11.3 Å². The Bertz CT molecular complexity index is 582. The molecule has 0 amide bonds. The van der Waals surface area contributed by atoms with Crippen LogP contribution >= 0.6 is 0 Å². The average Bonchev–Trinajstić information content (AvgIpc) is 2.89. The van der Waals surface area contributed by atoms with Gasteiger partial charge in [0.15, 0.2) is 5.78 Å². The van der Waals surface area contributed by atoms with Crippen molar-refractivity contribution in [1.82, 2.24) is 0 Å². The minimum atomic E-state index is -0.507. The van der Waals surface area contributed by atoms with Crippen molar-refractivity contribution in [3.63, 3.8) is 0 Å². The molecule has 0 saturated carbocycles. The lowest BCUT2D eigenvalue weighted by molar-refractivity contribution is -0.384. The summed E-state index contributed by atoms with van der Waals surface area (Å²) in [4.78, 5) is 21.7. The van der Waals surface area contributed by atoms with Crippen LogP contribution in [0.4, 0.5) is 5.69 Å². The molecule has 0 saturated heterocycles. The van der Waals surface area contributed by atoms with Crippen LogP contribution < -0.4 is 0 Å². The average molecular weight is 243 g/mol. The van der Waals surface area contributed by atoms with Crippen LogP contribution in [0.15, 0.2) is 53.2 Å². The van der Waals surface area contributed by atoms with Crippen molar-refractivity contribution in [1.29, 1.82) is 0 Å². The molecule has 90 valence electrons. The maximum Gasteiger partial charge on any atom is 0.269 e. The predicted molar refractivity (Wildman–Crippen MR) is 65.2 cm³/mol. The third-order valence-corrected chi connectivity index (χ3v) is 2.30. The van der Waals surface area contributed by atoms with E-state index in [2.05, 4.69) is 0 Å². The summed E-state index contributed by atoms with van der Waals surface area (Å²) in [6.07, 6.45) is 4.42. The van der Waals surface area contributed by atoms with Crippen molar-refractivity contribution in [3.8, 4) is 0 Å². The molecule has 0 spiro atoms. The zero-order valence-electron chi connectivity index (χ0n) is 9.28. The van der Waals surface area contributed by atoms with Crippen molar-refractivity contribution >= 4 is 17.5 Å².